The summed E-state index contributed by atoms with van der Waals surface area (Å²) >= 11 is 0. The van der Waals surface area contributed by atoms with Crippen molar-refractivity contribution >= 4 is 23.5 Å². The van der Waals surface area contributed by atoms with Gasteiger partial charge in [0.1, 0.15) is 6.61 Å². The lowest BCUT2D eigenvalue weighted by atomic mass is 10.0. The van der Waals surface area contributed by atoms with E-state index in [-0.39, 0.29) is 25.0 Å². The highest BCUT2D eigenvalue weighted by molar-refractivity contribution is 6.03. The van der Waals surface area contributed by atoms with Crippen molar-refractivity contribution in [1.82, 2.24) is 0 Å². The number of likely N-dealkylation sites (tertiary alicyclic amines) is 1. The largest absolute Gasteiger partial charge is 0.465 e. The molecule has 188 valence electrons. The number of hydrogen-bond acceptors (Lipinski definition) is 5. The molecule has 1 aliphatic heterocycles. The van der Waals surface area contributed by atoms with Gasteiger partial charge in [-0.15, -0.1) is 0 Å². The number of ether oxygens (including phenoxy) is 2. The number of nitrogens with one attached hydrogen (secondary N) is 1. The normalized spacial score (nSPS) is 15.3. The van der Waals surface area contributed by atoms with E-state index in [1.807, 2.05) is 57.2 Å². The number of esters is 2. The van der Waals surface area contributed by atoms with Gasteiger partial charge in [0.25, 0.3) is 5.91 Å². The highest BCUT2D eigenvalue weighted by atomic mass is 16.5. The lowest BCUT2D eigenvalue weighted by Crippen LogP contribution is -2.60. The molecule has 1 fully saturated rings. The lowest BCUT2D eigenvalue weighted by Gasteiger charge is -2.40. The van der Waals surface area contributed by atoms with Crippen LogP contribution in [0.2, 0.25) is 0 Å². The number of quaternary nitrogens is 1. The van der Waals surface area contributed by atoms with Crippen molar-refractivity contribution in [3.05, 3.63) is 64.7 Å². The van der Waals surface area contributed by atoms with Gasteiger partial charge in [-0.2, -0.15) is 0 Å². The van der Waals surface area contributed by atoms with E-state index in [1.54, 1.807) is 6.07 Å². The SMILES string of the molecule is CCCC(C(=O)Nc1c(C)cc(C)cc1C(=O)OC)[N+]1(CC(=O)OCc2ccccc2)CCCC1. The van der Waals surface area contributed by atoms with E-state index in [9.17, 15) is 14.4 Å². The van der Waals surface area contributed by atoms with Crippen molar-refractivity contribution in [2.75, 3.05) is 32.1 Å². The molecule has 0 bridgehead atoms. The average Bonchev–Trinajstić information content (AvgIpc) is 3.31. The zero-order chi connectivity index (χ0) is 25.4. The molecule has 1 heterocycles. The summed E-state index contributed by atoms with van der Waals surface area (Å²) in [5, 5.41) is 3.03. The van der Waals surface area contributed by atoms with Gasteiger partial charge in [0.05, 0.1) is 31.5 Å². The van der Waals surface area contributed by atoms with E-state index in [1.165, 1.54) is 7.11 Å². The molecule has 0 aromatic heterocycles. The molecule has 0 radical (unpaired) electrons. The van der Waals surface area contributed by atoms with Gasteiger partial charge in [0.2, 0.25) is 0 Å². The van der Waals surface area contributed by atoms with Crippen molar-refractivity contribution in [2.24, 2.45) is 0 Å². The van der Waals surface area contributed by atoms with Gasteiger partial charge < -0.3 is 19.3 Å². The lowest BCUT2D eigenvalue weighted by molar-refractivity contribution is -0.925. The molecule has 35 heavy (non-hydrogen) atoms. The van der Waals surface area contributed by atoms with Gasteiger partial charge in [0, 0.05) is 19.3 Å². The second-order valence-corrected chi connectivity index (χ2v) is 9.47. The Morgan fingerprint density at radius 2 is 1.74 bits per heavy atom. The van der Waals surface area contributed by atoms with Crippen LogP contribution in [0.5, 0.6) is 0 Å². The zero-order valence-electron chi connectivity index (χ0n) is 21.3. The van der Waals surface area contributed by atoms with Gasteiger partial charge in [-0.1, -0.05) is 43.3 Å². The maximum atomic E-state index is 13.7. The predicted molar refractivity (Wildman–Crippen MR) is 135 cm³/mol. The number of benzene rings is 2. The fourth-order valence-electron chi connectivity index (χ4n) is 5.12. The third kappa shape index (κ3) is 6.48. The fraction of sp³-hybridized carbons (Fsp3) is 0.464. The number of nitrogens with zero attached hydrogens (tertiary/aromatic N) is 1. The van der Waals surface area contributed by atoms with Crippen LogP contribution in [0.15, 0.2) is 42.5 Å². The number of carbonyl (C=O) groups excluding carboxylic acids is 3. The average molecular weight is 482 g/mol. The number of carbonyl (C=O) groups is 3. The first-order valence-corrected chi connectivity index (χ1v) is 12.4. The van der Waals surface area contributed by atoms with E-state index in [0.717, 1.165) is 49.0 Å². The summed E-state index contributed by atoms with van der Waals surface area (Å²) in [6, 6.07) is 12.8. The van der Waals surface area contributed by atoms with Crippen LogP contribution >= 0.6 is 0 Å². The minimum absolute atomic E-state index is 0.154. The summed E-state index contributed by atoms with van der Waals surface area (Å²) < 4.78 is 10.9. The number of methoxy groups -OCH3 is 1. The third-order valence-electron chi connectivity index (χ3n) is 6.80. The molecule has 1 aliphatic rings. The Morgan fingerprint density at radius 3 is 2.37 bits per heavy atom. The zero-order valence-corrected chi connectivity index (χ0v) is 21.3. The molecular weight excluding hydrogens is 444 g/mol. The Balaban J connectivity index is 1.82. The third-order valence-corrected chi connectivity index (χ3v) is 6.80. The first-order chi connectivity index (χ1) is 16.8. The Kier molecular flexibility index (Phi) is 9.04. The molecular formula is C28H37N2O5+. The highest BCUT2D eigenvalue weighted by Gasteiger charge is 2.45. The van der Waals surface area contributed by atoms with Crippen molar-refractivity contribution < 1.29 is 28.3 Å². The van der Waals surface area contributed by atoms with Crippen molar-refractivity contribution in [3.63, 3.8) is 0 Å². The summed E-state index contributed by atoms with van der Waals surface area (Å²) in [4.78, 5) is 39.1. The molecule has 7 nitrogen and oxygen atoms in total. The molecule has 1 N–H and O–H groups in total. The molecule has 0 aliphatic carbocycles. The predicted octanol–water partition coefficient (Wildman–Crippen LogP) is 4.55. The van der Waals surface area contributed by atoms with Crippen LogP contribution in [0.25, 0.3) is 0 Å². The van der Waals surface area contributed by atoms with Crippen molar-refractivity contribution in [3.8, 4) is 0 Å². The summed E-state index contributed by atoms with van der Waals surface area (Å²) in [5.74, 6) is -0.971. The Labute approximate surface area is 208 Å². The summed E-state index contributed by atoms with van der Waals surface area (Å²) in [6.07, 6.45) is 3.34. The number of anilines is 1. The van der Waals surface area contributed by atoms with Crippen LogP contribution in [0.3, 0.4) is 0 Å². The summed E-state index contributed by atoms with van der Waals surface area (Å²) in [7, 11) is 1.33. The van der Waals surface area contributed by atoms with E-state index in [0.29, 0.717) is 22.2 Å². The second kappa shape index (κ2) is 12.0. The molecule has 0 saturated carbocycles. The number of rotatable bonds is 10. The van der Waals surface area contributed by atoms with E-state index >= 15 is 0 Å². The monoisotopic (exact) mass is 481 g/mol. The first-order valence-electron chi connectivity index (χ1n) is 12.4. The van der Waals surface area contributed by atoms with Gasteiger partial charge in [-0.25, -0.2) is 9.59 Å². The number of amides is 1. The van der Waals surface area contributed by atoms with Crippen LogP contribution in [0.4, 0.5) is 5.69 Å². The standard InChI is InChI=1S/C28H36N2O5/c1-5-11-24(27(32)29-26-21(3)16-20(2)17-23(26)28(33)34-4)30(14-9-10-15-30)18-25(31)35-19-22-12-7-6-8-13-22/h6-8,12-13,16-17,24H,5,9-11,14-15,18-19H2,1-4H3/p+1. The van der Waals surface area contributed by atoms with Crippen molar-refractivity contribution in [1.29, 1.82) is 0 Å². The summed E-state index contributed by atoms with van der Waals surface area (Å²) in [6.45, 7) is 7.67. The maximum absolute atomic E-state index is 13.7. The molecule has 0 spiro atoms. The highest BCUT2D eigenvalue weighted by Crippen LogP contribution is 2.30. The number of hydrogen-bond donors (Lipinski definition) is 1. The maximum Gasteiger partial charge on any atom is 0.362 e. The molecule has 1 unspecified atom stereocenters. The quantitative estimate of drug-likeness (QED) is 0.398. The molecule has 1 atom stereocenters. The Hall–Kier alpha value is -3.19. The molecule has 2 aromatic rings. The minimum Gasteiger partial charge on any atom is -0.465 e. The smallest absolute Gasteiger partial charge is 0.362 e. The van der Waals surface area contributed by atoms with Gasteiger partial charge in [0.15, 0.2) is 12.6 Å². The van der Waals surface area contributed by atoms with Crippen LogP contribution in [-0.2, 0) is 25.7 Å². The van der Waals surface area contributed by atoms with Crippen LogP contribution < -0.4 is 5.32 Å². The molecule has 1 amide bonds. The fourth-order valence-corrected chi connectivity index (χ4v) is 5.12. The van der Waals surface area contributed by atoms with E-state index < -0.39 is 12.0 Å². The van der Waals surface area contributed by atoms with Crippen LogP contribution in [-0.4, -0.2) is 55.1 Å². The van der Waals surface area contributed by atoms with Crippen LogP contribution in [0, 0.1) is 13.8 Å². The second-order valence-electron chi connectivity index (χ2n) is 9.47. The summed E-state index contributed by atoms with van der Waals surface area (Å²) in [5.41, 5.74) is 3.45. The van der Waals surface area contributed by atoms with Gasteiger partial charge >= 0.3 is 11.9 Å². The van der Waals surface area contributed by atoms with Gasteiger partial charge in [-0.05, 0) is 43.0 Å². The van der Waals surface area contributed by atoms with Crippen LogP contribution in [0.1, 0.15) is 59.7 Å². The first kappa shape index (κ1) is 26.4. The van der Waals surface area contributed by atoms with E-state index in [2.05, 4.69) is 5.32 Å². The topological polar surface area (TPSA) is 81.7 Å². The number of aryl methyl sites for hydroxylation is 2. The molecule has 3 rings (SSSR count). The van der Waals surface area contributed by atoms with E-state index in [4.69, 9.17) is 9.47 Å². The Bertz CT molecular complexity index is 1040. The molecule has 2 aromatic carbocycles. The minimum atomic E-state index is -0.492. The van der Waals surface area contributed by atoms with Gasteiger partial charge in [-0.3, -0.25) is 4.79 Å². The van der Waals surface area contributed by atoms with Crippen molar-refractivity contribution in [2.45, 2.75) is 59.1 Å². The Morgan fingerprint density at radius 1 is 1.06 bits per heavy atom. The molecule has 1 saturated heterocycles. The molecule has 7 heteroatoms.